The molecule has 0 aromatic heterocycles. The van der Waals surface area contributed by atoms with Gasteiger partial charge in [0, 0.05) is 38.3 Å². The van der Waals surface area contributed by atoms with Crippen LogP contribution in [0, 0.1) is 0 Å². The van der Waals surface area contributed by atoms with Crippen LogP contribution in [0.1, 0.15) is 58.8 Å². The number of rotatable bonds is 3. The molecule has 0 radical (unpaired) electrons. The van der Waals surface area contributed by atoms with Gasteiger partial charge in [0.1, 0.15) is 0 Å². The van der Waals surface area contributed by atoms with Gasteiger partial charge in [0.2, 0.25) is 0 Å². The van der Waals surface area contributed by atoms with E-state index >= 15 is 0 Å². The average molecular weight is 323 g/mol. The van der Waals surface area contributed by atoms with Crippen LogP contribution in [0.15, 0.2) is 0 Å². The smallest absolute Gasteiger partial charge is 0.317 e. The van der Waals surface area contributed by atoms with Gasteiger partial charge in [-0.15, -0.1) is 0 Å². The van der Waals surface area contributed by atoms with Crippen LogP contribution in [0.4, 0.5) is 4.79 Å². The highest BCUT2D eigenvalue weighted by atomic mass is 16.5. The fourth-order valence-electron chi connectivity index (χ4n) is 4.53. The number of morpholine rings is 1. The topological polar surface area (TPSA) is 44.8 Å². The van der Waals surface area contributed by atoms with E-state index < -0.39 is 0 Å². The summed E-state index contributed by atoms with van der Waals surface area (Å²) in [5.41, 5.74) is 0. The molecular formula is C18H33N3O2. The van der Waals surface area contributed by atoms with Gasteiger partial charge in [-0.05, 0) is 39.5 Å². The third-order valence-electron chi connectivity index (χ3n) is 5.53. The zero-order valence-corrected chi connectivity index (χ0v) is 14.8. The summed E-state index contributed by atoms with van der Waals surface area (Å²) in [7, 11) is 0. The maximum atomic E-state index is 12.7. The van der Waals surface area contributed by atoms with Gasteiger partial charge in [-0.3, -0.25) is 4.90 Å². The number of hydrogen-bond acceptors (Lipinski definition) is 3. The van der Waals surface area contributed by atoms with Crippen molar-refractivity contribution in [1.82, 2.24) is 15.1 Å². The highest BCUT2D eigenvalue weighted by Gasteiger charge is 2.33. The van der Waals surface area contributed by atoms with Crippen LogP contribution in [0.5, 0.6) is 0 Å². The van der Waals surface area contributed by atoms with E-state index in [2.05, 4.69) is 29.0 Å². The minimum atomic E-state index is 0.175. The number of likely N-dealkylation sites (tertiary alicyclic amines) is 1. The average Bonchev–Trinajstić information content (AvgIpc) is 2.95. The molecule has 5 nitrogen and oxygen atoms in total. The Hall–Kier alpha value is -0.810. The first-order valence-electron chi connectivity index (χ1n) is 9.57. The monoisotopic (exact) mass is 323 g/mol. The fourth-order valence-corrected chi connectivity index (χ4v) is 4.53. The van der Waals surface area contributed by atoms with Crippen molar-refractivity contribution in [2.24, 2.45) is 0 Å². The van der Waals surface area contributed by atoms with Crippen molar-refractivity contribution in [3.05, 3.63) is 0 Å². The molecule has 23 heavy (non-hydrogen) atoms. The molecule has 5 heteroatoms. The molecule has 1 aliphatic carbocycles. The predicted octanol–water partition coefficient (Wildman–Crippen LogP) is 2.60. The first-order chi connectivity index (χ1) is 11.1. The number of urea groups is 1. The lowest BCUT2D eigenvalue weighted by molar-refractivity contribution is -0.0713. The van der Waals surface area contributed by atoms with Crippen LogP contribution in [0.2, 0.25) is 0 Å². The Morgan fingerprint density at radius 1 is 1.04 bits per heavy atom. The number of hydrogen-bond donors (Lipinski definition) is 1. The molecule has 1 N–H and O–H groups in total. The highest BCUT2D eigenvalue weighted by Crippen LogP contribution is 2.22. The van der Waals surface area contributed by atoms with Crippen LogP contribution >= 0.6 is 0 Å². The Bertz CT molecular complexity index is 388. The second-order valence-corrected chi connectivity index (χ2v) is 7.75. The number of ether oxygens (including phenoxy) is 1. The van der Waals surface area contributed by atoms with E-state index in [1.54, 1.807) is 0 Å². The molecule has 2 amide bonds. The largest absolute Gasteiger partial charge is 0.373 e. The van der Waals surface area contributed by atoms with E-state index in [0.29, 0.717) is 24.3 Å². The molecule has 0 aromatic rings. The second kappa shape index (κ2) is 7.84. The summed E-state index contributed by atoms with van der Waals surface area (Å²) in [6.45, 7) is 8.17. The molecule has 3 rings (SSSR count). The molecule has 0 unspecified atom stereocenters. The summed E-state index contributed by atoms with van der Waals surface area (Å²) in [5.74, 6) is 0. The SMILES string of the molecule is C[C@@H]1CN(C[C@H]2CCCN2C(=O)NC2CCCCC2)C[C@@H](C)O1. The van der Waals surface area contributed by atoms with Crippen molar-refractivity contribution in [3.63, 3.8) is 0 Å². The third-order valence-corrected chi connectivity index (χ3v) is 5.53. The van der Waals surface area contributed by atoms with Gasteiger partial charge in [0.15, 0.2) is 0 Å². The van der Waals surface area contributed by atoms with Gasteiger partial charge in [0.05, 0.1) is 12.2 Å². The highest BCUT2D eigenvalue weighted by molar-refractivity contribution is 5.75. The van der Waals surface area contributed by atoms with Gasteiger partial charge in [-0.2, -0.15) is 0 Å². The normalized spacial score (nSPS) is 33.8. The van der Waals surface area contributed by atoms with Crippen molar-refractivity contribution in [2.45, 2.75) is 83.1 Å². The first-order valence-corrected chi connectivity index (χ1v) is 9.57. The standard InChI is InChI=1S/C18H33N3O2/c1-14-11-20(12-15(2)23-14)13-17-9-6-10-21(17)18(22)19-16-7-4-3-5-8-16/h14-17H,3-13H2,1-2H3,(H,19,22)/t14-,15-,17-/m1/s1. The Kier molecular flexibility index (Phi) is 5.81. The number of carbonyl (C=O) groups excluding carboxylic acids is 1. The van der Waals surface area contributed by atoms with Crippen molar-refractivity contribution in [3.8, 4) is 0 Å². The number of carbonyl (C=O) groups is 1. The molecule has 3 fully saturated rings. The van der Waals surface area contributed by atoms with Gasteiger partial charge in [0.25, 0.3) is 0 Å². The molecule has 3 atom stereocenters. The zero-order valence-electron chi connectivity index (χ0n) is 14.8. The summed E-state index contributed by atoms with van der Waals surface area (Å²) in [6, 6.07) is 0.950. The molecule has 1 saturated carbocycles. The van der Waals surface area contributed by atoms with Crippen LogP contribution in [-0.4, -0.2) is 66.3 Å². The lowest BCUT2D eigenvalue weighted by Crippen LogP contribution is -2.53. The minimum Gasteiger partial charge on any atom is -0.373 e. The van der Waals surface area contributed by atoms with Crippen molar-refractivity contribution < 1.29 is 9.53 Å². The summed E-state index contributed by atoms with van der Waals surface area (Å²) in [4.78, 5) is 17.2. The first kappa shape index (κ1) is 17.0. The maximum Gasteiger partial charge on any atom is 0.317 e. The third kappa shape index (κ3) is 4.60. The molecule has 0 bridgehead atoms. The predicted molar refractivity (Wildman–Crippen MR) is 91.6 cm³/mol. The summed E-state index contributed by atoms with van der Waals surface area (Å²) in [6.07, 6.45) is 9.03. The van der Waals surface area contributed by atoms with Crippen LogP contribution in [0.3, 0.4) is 0 Å². The Labute approximate surface area is 140 Å². The Morgan fingerprint density at radius 3 is 2.43 bits per heavy atom. The van der Waals surface area contributed by atoms with E-state index in [1.807, 2.05) is 0 Å². The van der Waals surface area contributed by atoms with Crippen LogP contribution < -0.4 is 5.32 Å². The fraction of sp³-hybridized carbons (Fsp3) is 0.944. The van der Waals surface area contributed by atoms with E-state index in [1.165, 1.54) is 19.3 Å². The number of amides is 2. The van der Waals surface area contributed by atoms with E-state index in [0.717, 1.165) is 51.9 Å². The summed E-state index contributed by atoms with van der Waals surface area (Å²) >= 11 is 0. The van der Waals surface area contributed by atoms with Crippen molar-refractivity contribution >= 4 is 6.03 Å². The second-order valence-electron chi connectivity index (χ2n) is 7.75. The van der Waals surface area contributed by atoms with Gasteiger partial charge in [-0.25, -0.2) is 4.79 Å². The van der Waals surface area contributed by atoms with Crippen LogP contribution in [-0.2, 0) is 4.74 Å². The van der Waals surface area contributed by atoms with Gasteiger partial charge >= 0.3 is 6.03 Å². The van der Waals surface area contributed by atoms with Crippen molar-refractivity contribution in [2.75, 3.05) is 26.2 Å². The Morgan fingerprint density at radius 2 is 1.74 bits per heavy atom. The molecule has 2 aliphatic heterocycles. The minimum absolute atomic E-state index is 0.175. The summed E-state index contributed by atoms with van der Waals surface area (Å²) in [5, 5.41) is 3.29. The lowest BCUT2D eigenvalue weighted by Gasteiger charge is -2.38. The lowest BCUT2D eigenvalue weighted by atomic mass is 9.96. The quantitative estimate of drug-likeness (QED) is 0.868. The maximum absolute atomic E-state index is 12.7. The molecule has 2 heterocycles. The van der Waals surface area contributed by atoms with Crippen LogP contribution in [0.25, 0.3) is 0 Å². The molecule has 0 spiro atoms. The van der Waals surface area contributed by atoms with E-state index in [-0.39, 0.29) is 6.03 Å². The summed E-state index contributed by atoms with van der Waals surface area (Å²) < 4.78 is 5.82. The molecule has 0 aromatic carbocycles. The zero-order chi connectivity index (χ0) is 16.2. The van der Waals surface area contributed by atoms with Gasteiger partial charge < -0.3 is 15.0 Å². The molecule has 3 aliphatic rings. The Balaban J connectivity index is 1.51. The van der Waals surface area contributed by atoms with Crippen molar-refractivity contribution in [1.29, 1.82) is 0 Å². The molecule has 132 valence electrons. The van der Waals surface area contributed by atoms with E-state index in [9.17, 15) is 4.79 Å². The number of nitrogens with one attached hydrogen (secondary N) is 1. The molecule has 2 saturated heterocycles. The van der Waals surface area contributed by atoms with Gasteiger partial charge in [-0.1, -0.05) is 19.3 Å². The van der Waals surface area contributed by atoms with E-state index in [4.69, 9.17) is 4.74 Å². The number of nitrogens with zero attached hydrogens (tertiary/aromatic N) is 2. The molecular weight excluding hydrogens is 290 g/mol.